The molecule has 0 spiro atoms. The van der Waals surface area contributed by atoms with Gasteiger partial charge in [0.2, 0.25) is 0 Å². The first kappa shape index (κ1) is 14.0. The summed E-state index contributed by atoms with van der Waals surface area (Å²) >= 11 is 1.48. The molecule has 102 valence electrons. The highest BCUT2D eigenvalue weighted by atomic mass is 32.1. The highest BCUT2D eigenvalue weighted by Crippen LogP contribution is 2.17. The van der Waals surface area contributed by atoms with Gasteiger partial charge < -0.3 is 10.4 Å². The van der Waals surface area contributed by atoms with E-state index in [0.717, 1.165) is 11.6 Å². The van der Waals surface area contributed by atoms with Gasteiger partial charge >= 0.3 is 5.97 Å². The molecule has 4 nitrogen and oxygen atoms in total. The third-order valence-electron chi connectivity index (χ3n) is 2.66. The molecule has 0 aliphatic carbocycles. The van der Waals surface area contributed by atoms with E-state index in [1.165, 1.54) is 17.4 Å². The van der Waals surface area contributed by atoms with E-state index in [1.54, 1.807) is 29.6 Å². The van der Waals surface area contributed by atoms with Crippen molar-refractivity contribution < 1.29 is 14.7 Å². The molecule has 20 heavy (non-hydrogen) atoms. The number of rotatable bonds is 4. The van der Waals surface area contributed by atoms with Gasteiger partial charge in [0.1, 0.15) is 0 Å². The molecule has 0 atom stereocenters. The zero-order valence-corrected chi connectivity index (χ0v) is 11.6. The Morgan fingerprint density at radius 2 is 2.10 bits per heavy atom. The van der Waals surface area contributed by atoms with Crippen LogP contribution in [0.3, 0.4) is 0 Å². The first-order valence-electron chi connectivity index (χ1n) is 5.91. The molecule has 0 bridgehead atoms. The number of amides is 1. The second-order valence-electron chi connectivity index (χ2n) is 4.22. The fraction of sp³-hybridized carbons (Fsp3) is 0.0667. The summed E-state index contributed by atoms with van der Waals surface area (Å²) in [6.45, 7) is 1.89. The average molecular weight is 287 g/mol. The molecule has 0 radical (unpaired) electrons. The SMILES string of the molecule is Cc1cscc1C(=O)Nc1cccc(/C=C/C(=O)O)c1. The fourth-order valence-electron chi connectivity index (χ4n) is 1.68. The largest absolute Gasteiger partial charge is 0.478 e. The van der Waals surface area contributed by atoms with Gasteiger partial charge in [-0.15, -0.1) is 0 Å². The molecule has 2 rings (SSSR count). The summed E-state index contributed by atoms with van der Waals surface area (Å²) in [6, 6.07) is 7.01. The molecule has 1 aromatic heterocycles. The Kier molecular flexibility index (Phi) is 4.32. The molecule has 0 aliphatic heterocycles. The van der Waals surface area contributed by atoms with Crippen molar-refractivity contribution >= 4 is 35.0 Å². The van der Waals surface area contributed by atoms with Gasteiger partial charge in [0.25, 0.3) is 5.91 Å². The molecule has 0 unspecified atom stereocenters. The fourth-order valence-corrected chi connectivity index (χ4v) is 2.51. The van der Waals surface area contributed by atoms with E-state index in [4.69, 9.17) is 5.11 Å². The first-order valence-corrected chi connectivity index (χ1v) is 6.86. The normalized spacial score (nSPS) is 10.7. The average Bonchev–Trinajstić information content (AvgIpc) is 2.83. The first-order chi connectivity index (χ1) is 9.56. The van der Waals surface area contributed by atoms with Gasteiger partial charge in [-0.25, -0.2) is 4.79 Å². The van der Waals surface area contributed by atoms with Gasteiger partial charge in [-0.3, -0.25) is 4.79 Å². The van der Waals surface area contributed by atoms with Crippen LogP contribution in [0, 0.1) is 6.92 Å². The number of thiophene rings is 1. The minimum Gasteiger partial charge on any atom is -0.478 e. The predicted molar refractivity (Wildman–Crippen MR) is 80.1 cm³/mol. The Morgan fingerprint density at radius 1 is 1.30 bits per heavy atom. The molecule has 0 aliphatic rings. The number of carbonyl (C=O) groups excluding carboxylic acids is 1. The molecular weight excluding hydrogens is 274 g/mol. The third kappa shape index (κ3) is 3.55. The second kappa shape index (κ2) is 6.16. The Bertz CT molecular complexity index is 673. The van der Waals surface area contributed by atoms with Crippen LogP contribution in [0.5, 0.6) is 0 Å². The monoisotopic (exact) mass is 287 g/mol. The predicted octanol–water partition coefficient (Wildman–Crippen LogP) is 3.41. The van der Waals surface area contributed by atoms with Crippen molar-refractivity contribution in [1.82, 2.24) is 0 Å². The van der Waals surface area contributed by atoms with Crippen LogP contribution in [0.25, 0.3) is 6.08 Å². The molecule has 2 N–H and O–H groups in total. The van der Waals surface area contributed by atoms with Crippen molar-refractivity contribution in [3.8, 4) is 0 Å². The van der Waals surface area contributed by atoms with E-state index < -0.39 is 5.97 Å². The number of aliphatic carboxylic acids is 1. The minimum absolute atomic E-state index is 0.164. The van der Waals surface area contributed by atoms with E-state index in [0.29, 0.717) is 16.8 Å². The molecule has 2 aromatic rings. The van der Waals surface area contributed by atoms with Crippen LogP contribution in [-0.2, 0) is 4.79 Å². The van der Waals surface area contributed by atoms with Crippen LogP contribution < -0.4 is 5.32 Å². The van der Waals surface area contributed by atoms with Crippen LogP contribution in [0.2, 0.25) is 0 Å². The summed E-state index contributed by atoms with van der Waals surface area (Å²) in [5, 5.41) is 15.1. The molecule has 1 aromatic carbocycles. The lowest BCUT2D eigenvalue weighted by Gasteiger charge is -2.05. The van der Waals surface area contributed by atoms with Crippen LogP contribution in [0.1, 0.15) is 21.5 Å². The molecule has 1 amide bonds. The highest BCUT2D eigenvalue weighted by Gasteiger charge is 2.09. The number of anilines is 1. The van der Waals surface area contributed by atoms with E-state index in [9.17, 15) is 9.59 Å². The Morgan fingerprint density at radius 3 is 2.75 bits per heavy atom. The van der Waals surface area contributed by atoms with Crippen LogP contribution in [-0.4, -0.2) is 17.0 Å². The second-order valence-corrected chi connectivity index (χ2v) is 4.96. The highest BCUT2D eigenvalue weighted by molar-refractivity contribution is 7.08. The number of hydrogen-bond donors (Lipinski definition) is 2. The van der Waals surface area contributed by atoms with Crippen molar-refractivity contribution in [2.24, 2.45) is 0 Å². The van der Waals surface area contributed by atoms with E-state index in [-0.39, 0.29) is 5.91 Å². The van der Waals surface area contributed by atoms with Crippen molar-refractivity contribution in [2.75, 3.05) is 5.32 Å². The number of carbonyl (C=O) groups is 2. The van der Waals surface area contributed by atoms with Crippen molar-refractivity contribution in [3.05, 3.63) is 57.8 Å². The maximum atomic E-state index is 12.1. The van der Waals surface area contributed by atoms with Crippen LogP contribution in [0.15, 0.2) is 41.1 Å². The number of carboxylic acids is 1. The summed E-state index contributed by atoms with van der Waals surface area (Å²) in [6.07, 6.45) is 2.54. The zero-order valence-electron chi connectivity index (χ0n) is 10.8. The lowest BCUT2D eigenvalue weighted by atomic mass is 10.1. The maximum Gasteiger partial charge on any atom is 0.328 e. The van der Waals surface area contributed by atoms with Gasteiger partial charge in [-0.2, -0.15) is 11.3 Å². The molecule has 5 heteroatoms. The summed E-state index contributed by atoms with van der Waals surface area (Å²) in [5.74, 6) is -1.17. The summed E-state index contributed by atoms with van der Waals surface area (Å²) in [4.78, 5) is 22.5. The van der Waals surface area contributed by atoms with Crippen molar-refractivity contribution in [1.29, 1.82) is 0 Å². The van der Waals surface area contributed by atoms with Crippen LogP contribution >= 0.6 is 11.3 Å². The van der Waals surface area contributed by atoms with Crippen molar-refractivity contribution in [2.45, 2.75) is 6.92 Å². The topological polar surface area (TPSA) is 66.4 Å². The van der Waals surface area contributed by atoms with Gasteiger partial charge in [0.15, 0.2) is 0 Å². The van der Waals surface area contributed by atoms with Crippen LogP contribution in [0.4, 0.5) is 5.69 Å². The minimum atomic E-state index is -1.01. The summed E-state index contributed by atoms with van der Waals surface area (Å²) in [5.41, 5.74) is 2.94. The molecule has 0 saturated carbocycles. The standard InChI is InChI=1S/C15H13NO3S/c1-10-8-20-9-13(10)15(19)16-12-4-2-3-11(7-12)5-6-14(17)18/h2-9H,1H3,(H,16,19)(H,17,18)/b6-5+. The number of nitrogens with one attached hydrogen (secondary N) is 1. The lowest BCUT2D eigenvalue weighted by Crippen LogP contribution is -2.12. The quantitative estimate of drug-likeness (QED) is 0.847. The van der Waals surface area contributed by atoms with Gasteiger partial charge in [-0.1, -0.05) is 12.1 Å². The molecule has 0 fully saturated rings. The van der Waals surface area contributed by atoms with Crippen molar-refractivity contribution in [3.63, 3.8) is 0 Å². The van der Waals surface area contributed by atoms with Gasteiger partial charge in [-0.05, 0) is 41.6 Å². The van der Waals surface area contributed by atoms with E-state index in [1.807, 2.05) is 12.3 Å². The number of carboxylic acid groups (broad SMARTS) is 1. The summed E-state index contributed by atoms with van der Waals surface area (Å²) < 4.78 is 0. The third-order valence-corrected chi connectivity index (χ3v) is 3.52. The lowest BCUT2D eigenvalue weighted by molar-refractivity contribution is -0.131. The van der Waals surface area contributed by atoms with Gasteiger partial charge in [0.05, 0.1) is 5.56 Å². The molecular formula is C15H13NO3S. The maximum absolute atomic E-state index is 12.1. The number of aryl methyl sites for hydroxylation is 1. The molecule has 0 saturated heterocycles. The Labute approximate surface area is 120 Å². The smallest absolute Gasteiger partial charge is 0.328 e. The van der Waals surface area contributed by atoms with Gasteiger partial charge in [0, 0.05) is 17.1 Å². The zero-order chi connectivity index (χ0) is 14.5. The summed E-state index contributed by atoms with van der Waals surface area (Å²) in [7, 11) is 0. The number of hydrogen-bond acceptors (Lipinski definition) is 3. The Balaban J connectivity index is 2.14. The molecule has 1 heterocycles. The number of benzene rings is 1. The Hall–Kier alpha value is -2.40. The van der Waals surface area contributed by atoms with E-state index >= 15 is 0 Å². The van der Waals surface area contributed by atoms with E-state index in [2.05, 4.69) is 5.32 Å².